The van der Waals surface area contributed by atoms with Crippen molar-refractivity contribution in [3.8, 4) is 6.07 Å². The Balaban J connectivity index is 1.25. The summed E-state index contributed by atoms with van der Waals surface area (Å²) in [6.45, 7) is 7.64. The molecule has 2 saturated heterocycles. The van der Waals surface area contributed by atoms with Crippen molar-refractivity contribution in [2.75, 3.05) is 63.5 Å². The monoisotopic (exact) mass is 772 g/mol. The summed E-state index contributed by atoms with van der Waals surface area (Å²) in [5.41, 5.74) is 5.21. The lowest BCUT2D eigenvalue weighted by Crippen LogP contribution is -2.56. The number of carbonyl (C=O) groups is 3. The van der Waals surface area contributed by atoms with Crippen LogP contribution in [0.3, 0.4) is 0 Å². The maximum atomic E-state index is 14.7. The number of sulfone groups is 1. The molecule has 290 valence electrons. The summed E-state index contributed by atoms with van der Waals surface area (Å²) in [5, 5.41) is 9.17. The Labute approximate surface area is 330 Å². The Morgan fingerprint density at radius 1 is 0.750 bits per heavy atom. The zero-order valence-corrected chi connectivity index (χ0v) is 32.8. The molecule has 12 heteroatoms. The van der Waals surface area contributed by atoms with Crippen LogP contribution in [0.15, 0.2) is 114 Å². The summed E-state index contributed by atoms with van der Waals surface area (Å²) in [4.78, 5) is 51.0. The molecule has 4 aromatic carbocycles. The van der Waals surface area contributed by atoms with Crippen molar-refractivity contribution in [2.24, 2.45) is 0 Å². The summed E-state index contributed by atoms with van der Waals surface area (Å²) in [5.74, 6) is -0.379. The van der Waals surface area contributed by atoms with Gasteiger partial charge in [0.2, 0.25) is 17.7 Å². The number of hydrogen-bond donors (Lipinski definition) is 0. The molecule has 56 heavy (non-hydrogen) atoms. The van der Waals surface area contributed by atoms with Crippen LogP contribution in [0.5, 0.6) is 0 Å². The molecule has 3 amide bonds. The van der Waals surface area contributed by atoms with Crippen LogP contribution in [0, 0.1) is 11.3 Å². The molecular weight excluding hydrogens is 725 g/mol. The van der Waals surface area contributed by atoms with Crippen molar-refractivity contribution in [3.63, 3.8) is 0 Å². The quantitative estimate of drug-likeness (QED) is 0.191. The fraction of sp³-hybridized carbons (Fsp3) is 0.318. The third-order valence-corrected chi connectivity index (χ3v) is 11.6. The molecule has 6 rings (SSSR count). The standard InChI is InChI=1S/C44H48N6O5S/c1-34(51)47-26-28-48(29-27-47)40-17-12-39(13-18-40)33-50(43(52)21-16-35-14-19-41(20-15-35)56(2,54)55)42(30-36-6-4-3-5-7-36)44(53)49-24-22-46(23-25-49)32-38-10-8-37(31-45)9-11-38/h3-21,42H,22-30,32-33H2,1-2H3. The molecule has 0 N–H and O–H groups in total. The molecule has 4 aromatic rings. The highest BCUT2D eigenvalue weighted by molar-refractivity contribution is 7.90. The molecule has 0 radical (unpaired) electrons. The summed E-state index contributed by atoms with van der Waals surface area (Å²) in [6, 6.07) is 33.0. The van der Waals surface area contributed by atoms with Crippen molar-refractivity contribution >= 4 is 39.3 Å². The van der Waals surface area contributed by atoms with Gasteiger partial charge in [-0.25, -0.2) is 8.42 Å². The van der Waals surface area contributed by atoms with Gasteiger partial charge in [0.15, 0.2) is 9.84 Å². The second-order valence-corrected chi connectivity index (χ2v) is 16.4. The predicted octanol–water partition coefficient (Wildman–Crippen LogP) is 4.63. The smallest absolute Gasteiger partial charge is 0.247 e. The van der Waals surface area contributed by atoms with Crippen LogP contribution in [0.25, 0.3) is 6.08 Å². The second-order valence-electron chi connectivity index (χ2n) is 14.4. The fourth-order valence-corrected chi connectivity index (χ4v) is 7.80. The van der Waals surface area contributed by atoms with Crippen LogP contribution >= 0.6 is 0 Å². The van der Waals surface area contributed by atoms with Crippen LogP contribution in [0.4, 0.5) is 5.69 Å². The average Bonchev–Trinajstić information content (AvgIpc) is 3.22. The molecule has 0 aliphatic carbocycles. The van der Waals surface area contributed by atoms with E-state index < -0.39 is 15.9 Å². The van der Waals surface area contributed by atoms with Gasteiger partial charge in [0.25, 0.3) is 0 Å². The number of hydrogen-bond acceptors (Lipinski definition) is 8. The van der Waals surface area contributed by atoms with E-state index in [-0.39, 0.29) is 29.2 Å². The van der Waals surface area contributed by atoms with Gasteiger partial charge < -0.3 is 19.6 Å². The molecule has 1 unspecified atom stereocenters. The van der Waals surface area contributed by atoms with Gasteiger partial charge in [0.05, 0.1) is 16.5 Å². The lowest BCUT2D eigenvalue weighted by atomic mass is 10.0. The van der Waals surface area contributed by atoms with E-state index >= 15 is 0 Å². The minimum absolute atomic E-state index is 0.0781. The molecule has 2 aliphatic rings. The topological polar surface area (TPSA) is 125 Å². The van der Waals surface area contributed by atoms with Gasteiger partial charge in [-0.05, 0) is 64.7 Å². The molecule has 0 aromatic heterocycles. The van der Waals surface area contributed by atoms with Gasteiger partial charge in [-0.15, -0.1) is 0 Å². The zero-order chi connectivity index (χ0) is 39.7. The first-order chi connectivity index (χ1) is 27.0. The molecule has 11 nitrogen and oxygen atoms in total. The Hall–Kier alpha value is -5.77. The number of rotatable bonds is 12. The van der Waals surface area contributed by atoms with Gasteiger partial charge in [-0.1, -0.05) is 66.7 Å². The molecule has 2 heterocycles. The lowest BCUT2D eigenvalue weighted by molar-refractivity contribution is -0.145. The highest BCUT2D eigenvalue weighted by Gasteiger charge is 2.34. The van der Waals surface area contributed by atoms with Gasteiger partial charge >= 0.3 is 0 Å². The molecule has 1 atom stereocenters. The summed E-state index contributed by atoms with van der Waals surface area (Å²) < 4.78 is 24.0. The van der Waals surface area contributed by atoms with Crippen molar-refractivity contribution in [1.29, 1.82) is 5.26 Å². The summed E-state index contributed by atoms with van der Waals surface area (Å²) in [7, 11) is -3.37. The Morgan fingerprint density at radius 2 is 1.36 bits per heavy atom. The normalized spacial score (nSPS) is 15.7. The summed E-state index contributed by atoms with van der Waals surface area (Å²) >= 11 is 0. The van der Waals surface area contributed by atoms with Crippen LogP contribution < -0.4 is 4.90 Å². The predicted molar refractivity (Wildman–Crippen MR) is 217 cm³/mol. The Kier molecular flexibility index (Phi) is 13.0. The van der Waals surface area contributed by atoms with Crippen molar-refractivity contribution in [1.82, 2.24) is 19.6 Å². The van der Waals surface area contributed by atoms with Crippen molar-refractivity contribution in [3.05, 3.63) is 137 Å². The Bertz CT molecular complexity index is 2150. The van der Waals surface area contributed by atoms with Crippen molar-refractivity contribution in [2.45, 2.75) is 37.4 Å². The fourth-order valence-electron chi connectivity index (χ4n) is 7.17. The highest BCUT2D eigenvalue weighted by atomic mass is 32.2. The summed E-state index contributed by atoms with van der Waals surface area (Å²) in [6.07, 6.45) is 4.59. The highest BCUT2D eigenvalue weighted by Crippen LogP contribution is 2.23. The number of benzene rings is 4. The van der Waals surface area contributed by atoms with E-state index in [4.69, 9.17) is 5.26 Å². The molecule has 0 spiro atoms. The van der Waals surface area contributed by atoms with E-state index in [1.807, 2.05) is 88.7 Å². The van der Waals surface area contributed by atoms with Crippen LogP contribution in [0.1, 0.15) is 34.7 Å². The number of amides is 3. The van der Waals surface area contributed by atoms with Crippen LogP contribution in [-0.4, -0.2) is 110 Å². The lowest BCUT2D eigenvalue weighted by Gasteiger charge is -2.39. The first-order valence-corrected chi connectivity index (χ1v) is 20.8. The Morgan fingerprint density at radius 3 is 1.95 bits per heavy atom. The zero-order valence-electron chi connectivity index (χ0n) is 32.0. The molecule has 0 saturated carbocycles. The maximum absolute atomic E-state index is 14.7. The minimum Gasteiger partial charge on any atom is -0.368 e. The molecule has 2 fully saturated rings. The first kappa shape index (κ1) is 39.9. The van der Waals surface area contributed by atoms with Gasteiger partial charge in [-0.2, -0.15) is 5.26 Å². The second kappa shape index (κ2) is 18.2. The number of carbonyl (C=O) groups excluding carboxylic acids is 3. The van der Waals surface area contributed by atoms with E-state index in [2.05, 4.69) is 15.9 Å². The van der Waals surface area contributed by atoms with Crippen molar-refractivity contribution < 1.29 is 22.8 Å². The van der Waals surface area contributed by atoms with E-state index in [9.17, 15) is 22.8 Å². The SMILES string of the molecule is CC(=O)N1CCN(c2ccc(CN(C(=O)C=Cc3ccc(S(C)(=O)=O)cc3)C(Cc3ccccc3)C(=O)N3CCN(Cc4ccc(C#N)cc4)CC3)cc2)CC1. The minimum atomic E-state index is -3.37. The van der Waals surface area contributed by atoms with E-state index in [1.54, 1.807) is 30.0 Å². The van der Waals surface area contributed by atoms with Crippen LogP contribution in [0.2, 0.25) is 0 Å². The van der Waals surface area contributed by atoms with Gasteiger partial charge in [0.1, 0.15) is 6.04 Å². The van der Waals surface area contributed by atoms with Gasteiger partial charge in [0, 0.05) is 96.8 Å². The third-order valence-electron chi connectivity index (χ3n) is 10.5. The maximum Gasteiger partial charge on any atom is 0.247 e. The molecular formula is C44H48N6O5S. The molecule has 0 bridgehead atoms. The van der Waals surface area contributed by atoms with E-state index in [1.165, 1.54) is 18.2 Å². The third kappa shape index (κ3) is 10.5. The molecule has 2 aliphatic heterocycles. The van der Waals surface area contributed by atoms with E-state index in [0.717, 1.165) is 41.7 Å². The number of anilines is 1. The number of nitriles is 1. The number of nitrogens with zero attached hydrogens (tertiary/aromatic N) is 6. The first-order valence-electron chi connectivity index (χ1n) is 18.9. The average molecular weight is 773 g/mol. The largest absolute Gasteiger partial charge is 0.368 e. The van der Waals surface area contributed by atoms with Crippen LogP contribution in [-0.2, 0) is 43.7 Å². The van der Waals surface area contributed by atoms with Gasteiger partial charge in [-0.3, -0.25) is 19.3 Å². The van der Waals surface area contributed by atoms with E-state index in [0.29, 0.717) is 63.4 Å². The number of piperazine rings is 2.